The van der Waals surface area contributed by atoms with Crippen LogP contribution in [0.5, 0.6) is 0 Å². The summed E-state index contributed by atoms with van der Waals surface area (Å²) in [6, 6.07) is 14.7. The second kappa shape index (κ2) is 5.14. The van der Waals surface area contributed by atoms with E-state index < -0.39 is 0 Å². The maximum absolute atomic E-state index is 5.40. The van der Waals surface area contributed by atoms with Crippen molar-refractivity contribution in [3.63, 3.8) is 0 Å². The molecule has 0 aliphatic carbocycles. The lowest BCUT2D eigenvalue weighted by atomic mass is 9.99. The summed E-state index contributed by atoms with van der Waals surface area (Å²) in [5, 5.41) is 2.47. The van der Waals surface area contributed by atoms with Crippen molar-refractivity contribution in [2.75, 3.05) is 0 Å². The van der Waals surface area contributed by atoms with Crippen molar-refractivity contribution >= 4 is 42.6 Å². The number of benzene rings is 2. The maximum atomic E-state index is 5.40. The minimum absolute atomic E-state index is 0.142. The number of alkyl halides is 1. The molecule has 19 heavy (non-hydrogen) atoms. The molecule has 0 amide bonds. The van der Waals surface area contributed by atoms with E-state index in [-0.39, 0.29) is 4.83 Å². The third kappa shape index (κ3) is 2.37. The van der Waals surface area contributed by atoms with Gasteiger partial charge in [0, 0.05) is 10.0 Å². The standard InChI is InChI=1S/C16H12Br2O/c1-10-8-11(9-19-10)16(18)14-6-7-15(17)13-5-3-2-4-12(13)14/h2-9,16H,1H3. The van der Waals surface area contributed by atoms with Gasteiger partial charge in [-0.15, -0.1) is 0 Å². The van der Waals surface area contributed by atoms with Crippen LogP contribution in [0.25, 0.3) is 10.8 Å². The number of halogens is 2. The molecule has 0 aliphatic rings. The highest BCUT2D eigenvalue weighted by atomic mass is 79.9. The van der Waals surface area contributed by atoms with Crippen LogP contribution in [0.2, 0.25) is 0 Å². The Morgan fingerprint density at radius 1 is 1.05 bits per heavy atom. The van der Waals surface area contributed by atoms with E-state index >= 15 is 0 Å². The van der Waals surface area contributed by atoms with Crippen molar-refractivity contribution < 1.29 is 4.42 Å². The Morgan fingerprint density at radius 2 is 1.79 bits per heavy atom. The minimum atomic E-state index is 0.142. The van der Waals surface area contributed by atoms with Gasteiger partial charge in [-0.3, -0.25) is 0 Å². The minimum Gasteiger partial charge on any atom is -0.469 e. The Morgan fingerprint density at radius 3 is 2.47 bits per heavy atom. The van der Waals surface area contributed by atoms with E-state index in [0.717, 1.165) is 15.8 Å². The van der Waals surface area contributed by atoms with E-state index in [4.69, 9.17) is 4.42 Å². The largest absolute Gasteiger partial charge is 0.469 e. The number of furan rings is 1. The summed E-state index contributed by atoms with van der Waals surface area (Å²) in [5.74, 6) is 0.931. The van der Waals surface area contributed by atoms with Gasteiger partial charge in [0.05, 0.1) is 11.1 Å². The van der Waals surface area contributed by atoms with Crippen LogP contribution in [0.15, 0.2) is 57.6 Å². The molecular weight excluding hydrogens is 368 g/mol. The average Bonchev–Trinajstić information content (AvgIpc) is 2.86. The van der Waals surface area contributed by atoms with Gasteiger partial charge in [0.2, 0.25) is 0 Å². The molecule has 0 fully saturated rings. The van der Waals surface area contributed by atoms with Gasteiger partial charge >= 0.3 is 0 Å². The summed E-state index contributed by atoms with van der Waals surface area (Å²) in [4.78, 5) is 0.142. The summed E-state index contributed by atoms with van der Waals surface area (Å²) in [7, 11) is 0. The zero-order chi connectivity index (χ0) is 13.4. The fourth-order valence-electron chi connectivity index (χ4n) is 2.28. The van der Waals surface area contributed by atoms with Crippen molar-refractivity contribution in [1.82, 2.24) is 0 Å². The van der Waals surface area contributed by atoms with E-state index in [1.807, 2.05) is 13.2 Å². The van der Waals surface area contributed by atoms with Crippen LogP contribution in [-0.4, -0.2) is 0 Å². The van der Waals surface area contributed by atoms with Crippen molar-refractivity contribution in [2.24, 2.45) is 0 Å². The number of hydrogen-bond donors (Lipinski definition) is 0. The van der Waals surface area contributed by atoms with Gasteiger partial charge in [0.25, 0.3) is 0 Å². The second-order valence-electron chi connectivity index (χ2n) is 4.54. The zero-order valence-electron chi connectivity index (χ0n) is 10.4. The van der Waals surface area contributed by atoms with Crippen LogP contribution in [-0.2, 0) is 0 Å². The number of hydrogen-bond acceptors (Lipinski definition) is 1. The Balaban J connectivity index is 2.18. The van der Waals surface area contributed by atoms with Gasteiger partial charge in [-0.1, -0.05) is 62.2 Å². The molecule has 2 aromatic carbocycles. The first-order valence-corrected chi connectivity index (χ1v) is 7.74. The smallest absolute Gasteiger partial charge is 0.101 e. The highest BCUT2D eigenvalue weighted by Gasteiger charge is 2.16. The molecule has 0 spiro atoms. The zero-order valence-corrected chi connectivity index (χ0v) is 13.5. The summed E-state index contributed by atoms with van der Waals surface area (Å²) >= 11 is 7.38. The van der Waals surface area contributed by atoms with Gasteiger partial charge in [-0.2, -0.15) is 0 Å². The highest BCUT2D eigenvalue weighted by molar-refractivity contribution is 9.10. The Kier molecular flexibility index (Phi) is 3.50. The van der Waals surface area contributed by atoms with Gasteiger partial charge in [0.1, 0.15) is 5.76 Å². The molecule has 3 aromatic rings. The lowest BCUT2D eigenvalue weighted by Gasteiger charge is -2.12. The van der Waals surface area contributed by atoms with Crippen LogP contribution in [0.4, 0.5) is 0 Å². The first-order chi connectivity index (χ1) is 9.16. The molecule has 3 rings (SSSR count). The fourth-order valence-corrected chi connectivity index (χ4v) is 3.40. The molecular formula is C16H12Br2O. The monoisotopic (exact) mass is 378 g/mol. The lowest BCUT2D eigenvalue weighted by molar-refractivity contribution is 0.532. The predicted octanol–water partition coefficient (Wildman–Crippen LogP) is 5.99. The van der Waals surface area contributed by atoms with Crippen LogP contribution in [0.3, 0.4) is 0 Å². The van der Waals surface area contributed by atoms with Crippen molar-refractivity contribution in [3.8, 4) is 0 Å². The van der Waals surface area contributed by atoms with E-state index in [1.165, 1.54) is 16.3 Å². The van der Waals surface area contributed by atoms with Gasteiger partial charge in [0.15, 0.2) is 0 Å². The van der Waals surface area contributed by atoms with E-state index in [1.54, 1.807) is 0 Å². The van der Waals surface area contributed by atoms with E-state index in [0.29, 0.717) is 0 Å². The topological polar surface area (TPSA) is 13.1 Å². The maximum Gasteiger partial charge on any atom is 0.101 e. The summed E-state index contributed by atoms with van der Waals surface area (Å²) < 4.78 is 6.52. The number of fused-ring (bicyclic) bond motifs is 1. The van der Waals surface area contributed by atoms with Crippen molar-refractivity contribution in [1.29, 1.82) is 0 Å². The van der Waals surface area contributed by atoms with E-state index in [2.05, 4.69) is 74.3 Å². The summed E-state index contributed by atoms with van der Waals surface area (Å²) in [6.45, 7) is 1.96. The molecule has 0 radical (unpaired) electrons. The molecule has 96 valence electrons. The molecule has 0 N–H and O–H groups in total. The molecule has 0 saturated carbocycles. The fraction of sp³-hybridized carbons (Fsp3) is 0.125. The average molecular weight is 380 g/mol. The second-order valence-corrected chi connectivity index (χ2v) is 6.31. The molecule has 0 bridgehead atoms. The first kappa shape index (κ1) is 12.9. The predicted molar refractivity (Wildman–Crippen MR) is 85.9 cm³/mol. The third-order valence-corrected chi connectivity index (χ3v) is 4.93. The van der Waals surface area contributed by atoms with Gasteiger partial charge < -0.3 is 4.42 Å². The van der Waals surface area contributed by atoms with Gasteiger partial charge in [-0.05, 0) is 35.4 Å². The number of rotatable bonds is 2. The summed E-state index contributed by atoms with van der Waals surface area (Å²) in [6.07, 6.45) is 1.81. The molecule has 1 aromatic heterocycles. The third-order valence-electron chi connectivity index (χ3n) is 3.22. The Hall–Kier alpha value is -1.06. The normalized spacial score (nSPS) is 12.8. The van der Waals surface area contributed by atoms with Crippen molar-refractivity contribution in [3.05, 3.63) is 70.1 Å². The molecule has 1 nitrogen and oxygen atoms in total. The molecule has 0 saturated heterocycles. The number of aryl methyl sites for hydroxylation is 1. The van der Waals surface area contributed by atoms with Crippen LogP contribution < -0.4 is 0 Å². The van der Waals surface area contributed by atoms with Crippen LogP contribution in [0.1, 0.15) is 21.7 Å². The molecule has 1 heterocycles. The Bertz CT molecular complexity index is 730. The van der Waals surface area contributed by atoms with Crippen LogP contribution >= 0.6 is 31.9 Å². The molecule has 0 aliphatic heterocycles. The van der Waals surface area contributed by atoms with Crippen molar-refractivity contribution in [2.45, 2.75) is 11.8 Å². The Labute approximate surface area is 128 Å². The van der Waals surface area contributed by atoms with Gasteiger partial charge in [-0.25, -0.2) is 0 Å². The molecule has 1 unspecified atom stereocenters. The molecule has 1 atom stereocenters. The van der Waals surface area contributed by atoms with Crippen LogP contribution in [0, 0.1) is 6.92 Å². The SMILES string of the molecule is Cc1cc(C(Br)c2ccc(Br)c3ccccc23)co1. The lowest BCUT2D eigenvalue weighted by Crippen LogP contribution is -1.92. The van der Waals surface area contributed by atoms with E-state index in [9.17, 15) is 0 Å². The highest BCUT2D eigenvalue weighted by Crippen LogP contribution is 2.38. The molecule has 3 heteroatoms. The quantitative estimate of drug-likeness (QED) is 0.498. The summed E-state index contributed by atoms with van der Waals surface area (Å²) in [5.41, 5.74) is 2.39. The first-order valence-electron chi connectivity index (χ1n) is 6.03.